The molecular weight excluding hydrogens is 236 g/mol. The molecule has 4 heteroatoms. The van der Waals surface area contributed by atoms with E-state index in [0.29, 0.717) is 16.3 Å². The van der Waals surface area contributed by atoms with E-state index in [-0.39, 0.29) is 11.9 Å². The minimum atomic E-state index is -0.187. The lowest BCUT2D eigenvalue weighted by atomic mass is 10.1. The maximum atomic E-state index is 12.1. The Morgan fingerprint density at radius 1 is 1.47 bits per heavy atom. The number of nitrogen functional groups attached to an aromatic ring is 1. The van der Waals surface area contributed by atoms with Crippen LogP contribution in [0.3, 0.4) is 0 Å². The summed E-state index contributed by atoms with van der Waals surface area (Å²) in [5.74, 6) is -0.187. The molecule has 0 aliphatic heterocycles. The average Bonchev–Trinajstić information content (AvgIpc) is 2.28. The summed E-state index contributed by atoms with van der Waals surface area (Å²) in [4.78, 5) is 12.1. The Morgan fingerprint density at radius 3 is 2.71 bits per heavy atom. The Kier molecular flexibility index (Phi) is 5.29. The van der Waals surface area contributed by atoms with Crippen LogP contribution in [0.15, 0.2) is 18.2 Å². The summed E-state index contributed by atoms with van der Waals surface area (Å²) >= 11 is 5.99. The van der Waals surface area contributed by atoms with Crippen LogP contribution < -0.4 is 11.1 Å². The molecule has 17 heavy (non-hydrogen) atoms. The van der Waals surface area contributed by atoms with Gasteiger partial charge in [0.25, 0.3) is 5.91 Å². The number of halogens is 1. The minimum absolute atomic E-state index is 0.183. The number of hydrogen-bond donors (Lipinski definition) is 2. The van der Waals surface area contributed by atoms with Crippen LogP contribution in [0.25, 0.3) is 0 Å². The first kappa shape index (κ1) is 13.8. The Labute approximate surface area is 107 Å². The van der Waals surface area contributed by atoms with Crippen molar-refractivity contribution in [2.75, 3.05) is 5.73 Å². The Bertz CT molecular complexity index is 373. The number of anilines is 1. The van der Waals surface area contributed by atoms with Crippen molar-refractivity contribution in [3.8, 4) is 0 Å². The van der Waals surface area contributed by atoms with Gasteiger partial charge in [0, 0.05) is 11.7 Å². The molecule has 3 nitrogen and oxygen atoms in total. The molecule has 1 unspecified atom stereocenters. The van der Waals surface area contributed by atoms with Gasteiger partial charge in [-0.05, 0) is 25.0 Å². The molecule has 0 saturated heterocycles. The highest BCUT2D eigenvalue weighted by Crippen LogP contribution is 2.22. The SMILES string of the molecule is CCCC(CC)NC(=O)c1c(N)cccc1Cl. The third-order valence-electron chi connectivity index (χ3n) is 2.74. The number of hydrogen-bond acceptors (Lipinski definition) is 2. The van der Waals surface area contributed by atoms with E-state index in [0.717, 1.165) is 19.3 Å². The standard InChI is InChI=1S/C13H19ClN2O/c1-3-6-9(4-2)16-13(17)12-10(14)7-5-8-11(12)15/h5,7-9H,3-4,6,15H2,1-2H3,(H,16,17). The molecule has 0 saturated carbocycles. The zero-order chi connectivity index (χ0) is 12.8. The summed E-state index contributed by atoms with van der Waals surface area (Å²) in [6, 6.07) is 5.27. The monoisotopic (exact) mass is 254 g/mol. The van der Waals surface area contributed by atoms with Crippen LogP contribution in [0.1, 0.15) is 43.5 Å². The lowest BCUT2D eigenvalue weighted by Crippen LogP contribution is -2.34. The number of rotatable bonds is 5. The third-order valence-corrected chi connectivity index (χ3v) is 3.05. The van der Waals surface area contributed by atoms with Crippen LogP contribution in [0.5, 0.6) is 0 Å². The van der Waals surface area contributed by atoms with Gasteiger partial charge in [0.2, 0.25) is 0 Å². The van der Waals surface area contributed by atoms with E-state index >= 15 is 0 Å². The van der Waals surface area contributed by atoms with Gasteiger partial charge >= 0.3 is 0 Å². The maximum Gasteiger partial charge on any atom is 0.255 e. The van der Waals surface area contributed by atoms with Gasteiger partial charge in [-0.3, -0.25) is 4.79 Å². The summed E-state index contributed by atoms with van der Waals surface area (Å²) in [7, 11) is 0. The van der Waals surface area contributed by atoms with Gasteiger partial charge in [0.15, 0.2) is 0 Å². The van der Waals surface area contributed by atoms with Crippen molar-refractivity contribution >= 4 is 23.2 Å². The fourth-order valence-electron chi connectivity index (χ4n) is 1.76. The first-order chi connectivity index (χ1) is 8.10. The topological polar surface area (TPSA) is 55.1 Å². The summed E-state index contributed by atoms with van der Waals surface area (Å²) in [5.41, 5.74) is 6.56. The number of benzene rings is 1. The van der Waals surface area contributed by atoms with Crippen molar-refractivity contribution in [2.24, 2.45) is 0 Å². The van der Waals surface area contributed by atoms with Crippen molar-refractivity contribution < 1.29 is 4.79 Å². The smallest absolute Gasteiger partial charge is 0.255 e. The fraction of sp³-hybridized carbons (Fsp3) is 0.462. The van der Waals surface area contributed by atoms with Crippen LogP contribution in [-0.4, -0.2) is 11.9 Å². The molecule has 0 fully saturated rings. The van der Waals surface area contributed by atoms with E-state index in [9.17, 15) is 4.79 Å². The van der Waals surface area contributed by atoms with Gasteiger partial charge in [-0.2, -0.15) is 0 Å². The molecule has 1 amide bonds. The zero-order valence-corrected chi connectivity index (χ0v) is 11.1. The van der Waals surface area contributed by atoms with Crippen molar-refractivity contribution in [1.82, 2.24) is 5.32 Å². The quantitative estimate of drug-likeness (QED) is 0.793. The van der Waals surface area contributed by atoms with Gasteiger partial charge in [0.05, 0.1) is 10.6 Å². The summed E-state index contributed by atoms with van der Waals surface area (Å²) in [6.45, 7) is 4.15. The molecule has 1 rings (SSSR count). The molecular formula is C13H19ClN2O. The molecule has 94 valence electrons. The van der Waals surface area contributed by atoms with E-state index in [4.69, 9.17) is 17.3 Å². The number of carbonyl (C=O) groups is 1. The summed E-state index contributed by atoms with van der Waals surface area (Å²) in [6.07, 6.45) is 2.91. The number of nitrogens with two attached hydrogens (primary N) is 1. The Morgan fingerprint density at radius 2 is 2.18 bits per heavy atom. The average molecular weight is 255 g/mol. The van der Waals surface area contributed by atoms with Gasteiger partial charge < -0.3 is 11.1 Å². The van der Waals surface area contributed by atoms with Crippen LogP contribution in [-0.2, 0) is 0 Å². The molecule has 0 aliphatic carbocycles. The second-order valence-corrected chi connectivity index (χ2v) is 4.48. The Balaban J connectivity index is 2.82. The van der Waals surface area contributed by atoms with Crippen molar-refractivity contribution in [3.05, 3.63) is 28.8 Å². The first-order valence-corrected chi connectivity index (χ1v) is 6.32. The molecule has 0 radical (unpaired) electrons. The van der Waals surface area contributed by atoms with E-state index in [1.807, 2.05) is 0 Å². The molecule has 1 aromatic carbocycles. The molecule has 0 heterocycles. The maximum absolute atomic E-state index is 12.1. The predicted octanol–water partition coefficient (Wildman–Crippen LogP) is 3.23. The second-order valence-electron chi connectivity index (χ2n) is 4.07. The van der Waals surface area contributed by atoms with Crippen molar-refractivity contribution in [3.63, 3.8) is 0 Å². The molecule has 0 bridgehead atoms. The van der Waals surface area contributed by atoms with Gasteiger partial charge in [-0.15, -0.1) is 0 Å². The molecule has 0 aliphatic rings. The van der Waals surface area contributed by atoms with Gasteiger partial charge in [-0.1, -0.05) is 37.9 Å². The van der Waals surface area contributed by atoms with Crippen molar-refractivity contribution in [1.29, 1.82) is 0 Å². The highest BCUT2D eigenvalue weighted by atomic mass is 35.5. The molecule has 1 atom stereocenters. The summed E-state index contributed by atoms with van der Waals surface area (Å²) in [5, 5.41) is 3.36. The van der Waals surface area contributed by atoms with Crippen LogP contribution >= 0.6 is 11.6 Å². The first-order valence-electron chi connectivity index (χ1n) is 5.95. The minimum Gasteiger partial charge on any atom is -0.398 e. The predicted molar refractivity (Wildman–Crippen MR) is 72.3 cm³/mol. The van der Waals surface area contributed by atoms with Gasteiger partial charge in [-0.25, -0.2) is 0 Å². The lowest BCUT2D eigenvalue weighted by Gasteiger charge is -2.17. The van der Waals surface area contributed by atoms with E-state index in [1.54, 1.807) is 18.2 Å². The third kappa shape index (κ3) is 3.63. The summed E-state index contributed by atoms with van der Waals surface area (Å²) < 4.78 is 0. The van der Waals surface area contributed by atoms with E-state index in [1.165, 1.54) is 0 Å². The number of carbonyl (C=O) groups excluding carboxylic acids is 1. The highest BCUT2D eigenvalue weighted by molar-refractivity contribution is 6.34. The van der Waals surface area contributed by atoms with E-state index in [2.05, 4.69) is 19.2 Å². The number of nitrogens with one attached hydrogen (secondary N) is 1. The molecule has 1 aromatic rings. The molecule has 0 aromatic heterocycles. The normalized spacial score (nSPS) is 12.2. The van der Waals surface area contributed by atoms with Crippen LogP contribution in [0.4, 0.5) is 5.69 Å². The largest absolute Gasteiger partial charge is 0.398 e. The Hall–Kier alpha value is -1.22. The van der Waals surface area contributed by atoms with Crippen LogP contribution in [0, 0.1) is 0 Å². The lowest BCUT2D eigenvalue weighted by molar-refractivity contribution is 0.0935. The van der Waals surface area contributed by atoms with Crippen molar-refractivity contribution in [2.45, 2.75) is 39.2 Å². The van der Waals surface area contributed by atoms with E-state index < -0.39 is 0 Å². The highest BCUT2D eigenvalue weighted by Gasteiger charge is 2.16. The van der Waals surface area contributed by atoms with Crippen LogP contribution in [0.2, 0.25) is 5.02 Å². The molecule has 3 N–H and O–H groups in total. The zero-order valence-electron chi connectivity index (χ0n) is 10.3. The van der Waals surface area contributed by atoms with Gasteiger partial charge in [0.1, 0.15) is 0 Å². The number of amides is 1. The second kappa shape index (κ2) is 6.50. The molecule has 0 spiro atoms. The fourth-order valence-corrected chi connectivity index (χ4v) is 2.03.